The summed E-state index contributed by atoms with van der Waals surface area (Å²) in [5.41, 5.74) is 1.06. The van der Waals surface area contributed by atoms with Crippen molar-refractivity contribution in [2.24, 2.45) is 0 Å². The molecule has 4 nitrogen and oxygen atoms in total. The zero-order valence-corrected chi connectivity index (χ0v) is 13.0. The van der Waals surface area contributed by atoms with E-state index in [9.17, 15) is 0 Å². The second-order valence-electron chi connectivity index (χ2n) is 4.77. The van der Waals surface area contributed by atoms with Crippen LogP contribution in [0.15, 0.2) is 42.0 Å². The van der Waals surface area contributed by atoms with Gasteiger partial charge in [0.1, 0.15) is 22.0 Å². The van der Waals surface area contributed by atoms with E-state index in [-0.39, 0.29) is 0 Å². The average Bonchev–Trinajstić information content (AvgIpc) is 3.12. The Hall–Kier alpha value is -2.05. The quantitative estimate of drug-likeness (QED) is 0.574. The van der Waals surface area contributed by atoms with E-state index in [2.05, 4.69) is 38.1 Å². The molecule has 3 aromatic heterocycles. The number of hydrogen-bond acceptors (Lipinski definition) is 6. The lowest BCUT2D eigenvalue weighted by molar-refractivity contribution is 0.894. The Morgan fingerprint density at radius 3 is 2.95 bits per heavy atom. The van der Waals surface area contributed by atoms with Crippen LogP contribution in [0.4, 0.5) is 5.82 Å². The van der Waals surface area contributed by atoms with Crippen LogP contribution in [0.25, 0.3) is 20.4 Å². The third-order valence-corrected chi connectivity index (χ3v) is 5.15. The van der Waals surface area contributed by atoms with E-state index in [1.807, 2.05) is 24.6 Å². The van der Waals surface area contributed by atoms with Gasteiger partial charge in [-0.05, 0) is 23.6 Å². The van der Waals surface area contributed by atoms with Crippen molar-refractivity contribution in [3.05, 3.63) is 47.0 Å². The molecular weight excluding hydrogens is 300 g/mol. The van der Waals surface area contributed by atoms with Crippen LogP contribution in [-0.2, 0) is 6.54 Å². The number of benzene rings is 1. The van der Waals surface area contributed by atoms with Crippen molar-refractivity contribution in [3.63, 3.8) is 0 Å². The second-order valence-corrected chi connectivity index (χ2v) is 6.78. The van der Waals surface area contributed by atoms with Crippen LogP contribution >= 0.6 is 22.7 Å². The van der Waals surface area contributed by atoms with Gasteiger partial charge in [0, 0.05) is 7.05 Å². The maximum atomic E-state index is 4.68. The van der Waals surface area contributed by atoms with Crippen molar-refractivity contribution in [1.82, 2.24) is 15.0 Å². The lowest BCUT2D eigenvalue weighted by atomic mass is 10.3. The number of anilines is 1. The summed E-state index contributed by atoms with van der Waals surface area (Å²) in [7, 11) is 2.05. The molecule has 0 amide bonds. The molecule has 0 unspecified atom stereocenters. The second kappa shape index (κ2) is 5.05. The molecule has 0 aliphatic heterocycles. The molecule has 1 aromatic carbocycles. The molecule has 0 saturated heterocycles. The van der Waals surface area contributed by atoms with Crippen LogP contribution in [0.3, 0.4) is 0 Å². The van der Waals surface area contributed by atoms with Gasteiger partial charge in [0.15, 0.2) is 0 Å². The van der Waals surface area contributed by atoms with Crippen LogP contribution in [0.2, 0.25) is 0 Å². The fraction of sp³-hybridized carbons (Fsp3) is 0.133. The van der Waals surface area contributed by atoms with Crippen LogP contribution in [0, 0.1) is 0 Å². The predicted octanol–water partition coefficient (Wildman–Crippen LogP) is 3.94. The topological polar surface area (TPSA) is 41.9 Å². The molecular formula is C15H12N4S2. The number of rotatable bonds is 3. The summed E-state index contributed by atoms with van der Waals surface area (Å²) in [6.45, 7) is 0.751. The van der Waals surface area contributed by atoms with Crippen LogP contribution < -0.4 is 4.90 Å². The van der Waals surface area contributed by atoms with Crippen molar-refractivity contribution < 1.29 is 0 Å². The first-order chi connectivity index (χ1) is 10.3. The van der Waals surface area contributed by atoms with E-state index >= 15 is 0 Å². The van der Waals surface area contributed by atoms with E-state index in [0.717, 1.165) is 33.1 Å². The van der Waals surface area contributed by atoms with Crippen molar-refractivity contribution in [3.8, 4) is 0 Å². The highest BCUT2D eigenvalue weighted by molar-refractivity contribution is 7.18. The standard InChI is InChI=1S/C15H12N4S2/c1-19(14-10-6-7-20-15(10)17-9-16-14)8-13-18-11-4-2-3-5-12(11)21-13/h2-7,9H,8H2,1H3. The highest BCUT2D eigenvalue weighted by atomic mass is 32.1. The Morgan fingerprint density at radius 2 is 2.05 bits per heavy atom. The molecule has 0 atom stereocenters. The molecule has 4 aromatic rings. The molecule has 0 saturated carbocycles. The van der Waals surface area contributed by atoms with Crippen molar-refractivity contribution in [1.29, 1.82) is 0 Å². The van der Waals surface area contributed by atoms with Gasteiger partial charge in [0.25, 0.3) is 0 Å². The Balaban J connectivity index is 1.68. The summed E-state index contributed by atoms with van der Waals surface area (Å²) >= 11 is 3.37. The summed E-state index contributed by atoms with van der Waals surface area (Å²) in [6, 6.07) is 10.3. The average molecular weight is 312 g/mol. The molecule has 0 N–H and O–H groups in total. The van der Waals surface area contributed by atoms with Crippen molar-refractivity contribution in [2.45, 2.75) is 6.54 Å². The van der Waals surface area contributed by atoms with Crippen molar-refractivity contribution >= 4 is 48.9 Å². The van der Waals surface area contributed by atoms with Crippen LogP contribution in [-0.4, -0.2) is 22.0 Å². The summed E-state index contributed by atoms with van der Waals surface area (Å²) in [5, 5.41) is 4.25. The first kappa shape index (κ1) is 12.7. The molecule has 104 valence electrons. The first-order valence-corrected chi connectivity index (χ1v) is 8.25. The Morgan fingerprint density at radius 1 is 1.14 bits per heavy atom. The molecule has 0 aliphatic carbocycles. The summed E-state index contributed by atoms with van der Waals surface area (Å²) in [5.74, 6) is 0.959. The molecule has 6 heteroatoms. The molecule has 21 heavy (non-hydrogen) atoms. The SMILES string of the molecule is CN(Cc1nc2ccccc2s1)c1ncnc2sccc12. The zero-order valence-electron chi connectivity index (χ0n) is 11.4. The minimum atomic E-state index is 0.751. The van der Waals surface area contributed by atoms with Gasteiger partial charge < -0.3 is 4.90 Å². The largest absolute Gasteiger partial charge is 0.352 e. The number of thiophene rings is 1. The van der Waals surface area contributed by atoms with Gasteiger partial charge in [-0.2, -0.15) is 0 Å². The fourth-order valence-electron chi connectivity index (χ4n) is 2.35. The van der Waals surface area contributed by atoms with Crippen LogP contribution in [0.1, 0.15) is 5.01 Å². The van der Waals surface area contributed by atoms with Gasteiger partial charge in [-0.15, -0.1) is 22.7 Å². The number of hydrogen-bond donors (Lipinski definition) is 0. The molecule has 4 rings (SSSR count). The minimum Gasteiger partial charge on any atom is -0.352 e. The summed E-state index contributed by atoms with van der Waals surface area (Å²) < 4.78 is 1.23. The fourth-order valence-corrected chi connectivity index (χ4v) is 4.09. The summed E-state index contributed by atoms with van der Waals surface area (Å²) in [6.07, 6.45) is 1.63. The van der Waals surface area contributed by atoms with E-state index < -0.39 is 0 Å². The lowest BCUT2D eigenvalue weighted by Crippen LogP contribution is -2.17. The van der Waals surface area contributed by atoms with E-state index in [1.165, 1.54) is 4.70 Å². The Kier molecular flexibility index (Phi) is 3.05. The highest BCUT2D eigenvalue weighted by Crippen LogP contribution is 2.28. The van der Waals surface area contributed by atoms with Gasteiger partial charge in [0.05, 0.1) is 22.1 Å². The molecule has 0 fully saturated rings. The monoisotopic (exact) mass is 312 g/mol. The third-order valence-electron chi connectivity index (χ3n) is 3.31. The van der Waals surface area contributed by atoms with Gasteiger partial charge >= 0.3 is 0 Å². The van der Waals surface area contributed by atoms with Gasteiger partial charge in [-0.25, -0.2) is 15.0 Å². The normalized spacial score (nSPS) is 11.3. The highest BCUT2D eigenvalue weighted by Gasteiger charge is 2.12. The van der Waals surface area contributed by atoms with Gasteiger partial charge in [0.2, 0.25) is 0 Å². The number of thiazole rings is 1. The smallest absolute Gasteiger partial charge is 0.140 e. The Bertz CT molecular complexity index is 879. The Labute approximate surface area is 129 Å². The van der Waals surface area contributed by atoms with Crippen molar-refractivity contribution in [2.75, 3.05) is 11.9 Å². The predicted molar refractivity (Wildman–Crippen MR) is 89.1 cm³/mol. The van der Waals surface area contributed by atoms with Gasteiger partial charge in [-0.3, -0.25) is 0 Å². The van der Waals surface area contributed by atoms with E-state index in [4.69, 9.17) is 0 Å². The molecule has 0 spiro atoms. The van der Waals surface area contributed by atoms with E-state index in [1.54, 1.807) is 29.0 Å². The number of aromatic nitrogens is 3. The molecule has 0 radical (unpaired) electrons. The van der Waals surface area contributed by atoms with E-state index in [0.29, 0.717) is 0 Å². The minimum absolute atomic E-state index is 0.751. The zero-order chi connectivity index (χ0) is 14.2. The summed E-state index contributed by atoms with van der Waals surface area (Å²) in [4.78, 5) is 16.6. The number of para-hydroxylation sites is 1. The molecule has 0 bridgehead atoms. The first-order valence-electron chi connectivity index (χ1n) is 6.55. The lowest BCUT2D eigenvalue weighted by Gasteiger charge is -2.17. The number of fused-ring (bicyclic) bond motifs is 2. The molecule has 3 heterocycles. The third kappa shape index (κ3) is 2.26. The van der Waals surface area contributed by atoms with Crippen LogP contribution in [0.5, 0.6) is 0 Å². The van der Waals surface area contributed by atoms with Gasteiger partial charge in [-0.1, -0.05) is 12.1 Å². The number of nitrogens with zero attached hydrogens (tertiary/aromatic N) is 4. The molecule has 0 aliphatic rings. The maximum absolute atomic E-state index is 4.68. The maximum Gasteiger partial charge on any atom is 0.140 e.